The number of nitrogens with two attached hydrogens (primary N) is 1. The van der Waals surface area contributed by atoms with Gasteiger partial charge in [-0.2, -0.15) is 0 Å². The molecule has 0 spiro atoms. The van der Waals surface area contributed by atoms with Gasteiger partial charge in [-0.25, -0.2) is 0 Å². The number of hydrogen-bond donors (Lipinski definition) is 2. The van der Waals surface area contributed by atoms with Gasteiger partial charge in [0, 0.05) is 6.04 Å². The van der Waals surface area contributed by atoms with E-state index in [0.717, 1.165) is 38.0 Å². The van der Waals surface area contributed by atoms with Crippen LogP contribution in [0.4, 0.5) is 0 Å². The standard InChI is InChI=1S/C16H30N2O/c1-13(9-10-14-7-3-2-4-8-14)18-15(19)16(17)11-5-6-12-16/h13-14H,2-12,17H2,1H3,(H,18,19). The van der Waals surface area contributed by atoms with Gasteiger partial charge in [-0.15, -0.1) is 0 Å². The molecule has 110 valence electrons. The van der Waals surface area contributed by atoms with E-state index >= 15 is 0 Å². The molecule has 0 heterocycles. The van der Waals surface area contributed by atoms with Gasteiger partial charge in [-0.05, 0) is 38.5 Å². The molecule has 3 heteroatoms. The molecule has 0 aromatic heterocycles. The normalized spacial score (nSPS) is 25.2. The third kappa shape index (κ3) is 4.20. The van der Waals surface area contributed by atoms with Crippen LogP contribution in [-0.4, -0.2) is 17.5 Å². The Labute approximate surface area is 117 Å². The van der Waals surface area contributed by atoms with Gasteiger partial charge in [-0.1, -0.05) is 44.9 Å². The molecule has 2 rings (SSSR count). The SMILES string of the molecule is CC(CCC1CCCCC1)NC(=O)C1(N)CCCC1. The van der Waals surface area contributed by atoms with E-state index in [2.05, 4.69) is 12.2 Å². The highest BCUT2D eigenvalue weighted by atomic mass is 16.2. The van der Waals surface area contributed by atoms with Crippen LogP contribution in [0.25, 0.3) is 0 Å². The number of amides is 1. The van der Waals surface area contributed by atoms with Crippen molar-refractivity contribution in [2.45, 2.75) is 89.1 Å². The number of nitrogens with one attached hydrogen (secondary N) is 1. The Morgan fingerprint density at radius 3 is 2.47 bits per heavy atom. The van der Waals surface area contributed by atoms with Crippen LogP contribution in [0.5, 0.6) is 0 Å². The van der Waals surface area contributed by atoms with Crippen molar-refractivity contribution in [2.75, 3.05) is 0 Å². The minimum atomic E-state index is -0.570. The van der Waals surface area contributed by atoms with E-state index in [9.17, 15) is 4.79 Å². The molecule has 2 saturated carbocycles. The molecule has 3 N–H and O–H groups in total. The highest BCUT2D eigenvalue weighted by Gasteiger charge is 2.37. The zero-order chi connectivity index (χ0) is 13.7. The largest absolute Gasteiger partial charge is 0.352 e. The molecule has 0 radical (unpaired) electrons. The molecule has 1 atom stereocenters. The van der Waals surface area contributed by atoms with Gasteiger partial charge in [0.25, 0.3) is 0 Å². The number of carbonyl (C=O) groups excluding carboxylic acids is 1. The monoisotopic (exact) mass is 266 g/mol. The van der Waals surface area contributed by atoms with Crippen LogP contribution >= 0.6 is 0 Å². The average molecular weight is 266 g/mol. The van der Waals surface area contributed by atoms with E-state index in [-0.39, 0.29) is 11.9 Å². The molecular weight excluding hydrogens is 236 g/mol. The summed E-state index contributed by atoms with van der Waals surface area (Å²) in [6, 6.07) is 0.274. The molecule has 19 heavy (non-hydrogen) atoms. The van der Waals surface area contributed by atoms with E-state index in [1.54, 1.807) is 0 Å². The first-order valence-electron chi connectivity index (χ1n) is 8.20. The summed E-state index contributed by atoms with van der Waals surface area (Å²) in [7, 11) is 0. The molecule has 3 nitrogen and oxygen atoms in total. The van der Waals surface area contributed by atoms with Crippen molar-refractivity contribution in [1.82, 2.24) is 5.32 Å². The van der Waals surface area contributed by atoms with Crippen molar-refractivity contribution in [3.05, 3.63) is 0 Å². The predicted molar refractivity (Wildman–Crippen MR) is 78.8 cm³/mol. The van der Waals surface area contributed by atoms with E-state index < -0.39 is 5.54 Å². The molecule has 2 aliphatic carbocycles. The first-order chi connectivity index (χ1) is 9.10. The summed E-state index contributed by atoms with van der Waals surface area (Å²) in [5.74, 6) is 0.979. The predicted octanol–water partition coefficient (Wildman–Crippen LogP) is 3.12. The lowest BCUT2D eigenvalue weighted by atomic mass is 9.85. The maximum absolute atomic E-state index is 12.2. The average Bonchev–Trinajstić information content (AvgIpc) is 2.86. The van der Waals surface area contributed by atoms with Crippen molar-refractivity contribution in [3.8, 4) is 0 Å². The fourth-order valence-corrected chi connectivity index (χ4v) is 3.63. The Balaban J connectivity index is 1.68. The lowest BCUT2D eigenvalue weighted by molar-refractivity contribution is -0.126. The molecule has 0 aliphatic heterocycles. The number of carbonyl (C=O) groups is 1. The molecule has 2 aliphatic rings. The van der Waals surface area contributed by atoms with Crippen LogP contribution < -0.4 is 11.1 Å². The van der Waals surface area contributed by atoms with Crippen LogP contribution in [0.1, 0.15) is 77.6 Å². The van der Waals surface area contributed by atoms with E-state index in [1.165, 1.54) is 38.5 Å². The zero-order valence-corrected chi connectivity index (χ0v) is 12.4. The quantitative estimate of drug-likeness (QED) is 0.803. The molecule has 0 aromatic rings. The highest BCUT2D eigenvalue weighted by Crippen LogP contribution is 2.29. The molecule has 1 unspecified atom stereocenters. The van der Waals surface area contributed by atoms with Gasteiger partial charge < -0.3 is 11.1 Å². The Kier molecular flexibility index (Phi) is 5.26. The minimum Gasteiger partial charge on any atom is -0.352 e. The van der Waals surface area contributed by atoms with Crippen LogP contribution in [0, 0.1) is 5.92 Å². The van der Waals surface area contributed by atoms with Crippen LogP contribution in [0.15, 0.2) is 0 Å². The summed E-state index contributed by atoms with van der Waals surface area (Å²) < 4.78 is 0. The fourth-order valence-electron chi connectivity index (χ4n) is 3.63. The molecule has 2 fully saturated rings. The van der Waals surface area contributed by atoms with E-state index in [0.29, 0.717) is 0 Å². The Morgan fingerprint density at radius 2 is 1.84 bits per heavy atom. The van der Waals surface area contributed by atoms with Crippen LogP contribution in [-0.2, 0) is 4.79 Å². The maximum Gasteiger partial charge on any atom is 0.240 e. The van der Waals surface area contributed by atoms with Crippen molar-refractivity contribution < 1.29 is 4.79 Å². The van der Waals surface area contributed by atoms with Crippen LogP contribution in [0.3, 0.4) is 0 Å². The smallest absolute Gasteiger partial charge is 0.240 e. The van der Waals surface area contributed by atoms with Gasteiger partial charge >= 0.3 is 0 Å². The summed E-state index contributed by atoms with van der Waals surface area (Å²) in [4.78, 5) is 12.2. The van der Waals surface area contributed by atoms with Gasteiger partial charge in [-0.3, -0.25) is 4.79 Å². The fraction of sp³-hybridized carbons (Fsp3) is 0.938. The highest BCUT2D eigenvalue weighted by molar-refractivity contribution is 5.86. The molecular formula is C16H30N2O. The number of hydrogen-bond acceptors (Lipinski definition) is 2. The van der Waals surface area contributed by atoms with Gasteiger partial charge in [0.15, 0.2) is 0 Å². The lowest BCUT2D eigenvalue weighted by Crippen LogP contribution is -2.54. The van der Waals surface area contributed by atoms with Crippen LogP contribution in [0.2, 0.25) is 0 Å². The van der Waals surface area contributed by atoms with Crippen molar-refractivity contribution in [3.63, 3.8) is 0 Å². The van der Waals surface area contributed by atoms with Crippen molar-refractivity contribution in [2.24, 2.45) is 11.7 Å². The second-order valence-corrected chi connectivity index (χ2v) is 6.82. The number of rotatable bonds is 5. The third-order valence-corrected chi connectivity index (χ3v) is 5.06. The lowest BCUT2D eigenvalue weighted by Gasteiger charge is -2.27. The zero-order valence-electron chi connectivity index (χ0n) is 12.4. The van der Waals surface area contributed by atoms with E-state index in [4.69, 9.17) is 5.73 Å². The molecule has 0 aromatic carbocycles. The van der Waals surface area contributed by atoms with E-state index in [1.807, 2.05) is 0 Å². The minimum absolute atomic E-state index is 0.0844. The first-order valence-corrected chi connectivity index (χ1v) is 8.20. The van der Waals surface area contributed by atoms with Gasteiger partial charge in [0.1, 0.15) is 0 Å². The summed E-state index contributed by atoms with van der Waals surface area (Å²) in [6.07, 6.45) is 13.3. The summed E-state index contributed by atoms with van der Waals surface area (Å²) >= 11 is 0. The van der Waals surface area contributed by atoms with Gasteiger partial charge in [0.2, 0.25) is 5.91 Å². The molecule has 0 saturated heterocycles. The van der Waals surface area contributed by atoms with Crippen molar-refractivity contribution in [1.29, 1.82) is 0 Å². The summed E-state index contributed by atoms with van der Waals surface area (Å²) in [6.45, 7) is 2.12. The second-order valence-electron chi connectivity index (χ2n) is 6.82. The Hall–Kier alpha value is -0.570. The Bertz CT molecular complexity index is 291. The van der Waals surface area contributed by atoms with Crippen molar-refractivity contribution >= 4 is 5.91 Å². The third-order valence-electron chi connectivity index (χ3n) is 5.06. The first kappa shape index (κ1) is 14.8. The van der Waals surface area contributed by atoms with Gasteiger partial charge in [0.05, 0.1) is 5.54 Å². The summed E-state index contributed by atoms with van der Waals surface area (Å²) in [5, 5.41) is 3.14. The topological polar surface area (TPSA) is 55.1 Å². The molecule has 1 amide bonds. The maximum atomic E-state index is 12.2. The molecule has 0 bridgehead atoms. The summed E-state index contributed by atoms with van der Waals surface area (Å²) in [5.41, 5.74) is 5.61. The Morgan fingerprint density at radius 1 is 1.21 bits per heavy atom. The second kappa shape index (κ2) is 6.74.